The highest BCUT2D eigenvalue weighted by atomic mass is 35.5. The zero-order valence-corrected chi connectivity index (χ0v) is 27.1. The second-order valence-electron chi connectivity index (χ2n) is 10.9. The van der Waals surface area contributed by atoms with Crippen LogP contribution in [0.25, 0.3) is 0 Å². The number of halogens is 2. The van der Waals surface area contributed by atoms with Crippen molar-refractivity contribution >= 4 is 39.1 Å². The molecule has 0 aliphatic carbocycles. The normalized spacial score (nSPS) is 12.6. The van der Waals surface area contributed by atoms with Gasteiger partial charge in [-0.25, -0.2) is 12.8 Å². The summed E-state index contributed by atoms with van der Waals surface area (Å²) in [6.45, 7) is 4.73. The molecular formula is C35H37ClFN3O4S. The minimum atomic E-state index is -4.25. The molecule has 0 spiro atoms. The fourth-order valence-electron chi connectivity index (χ4n) is 4.78. The molecule has 4 aromatic carbocycles. The average Bonchev–Trinajstić information content (AvgIpc) is 3.03. The Morgan fingerprint density at radius 3 is 2.13 bits per heavy atom. The Morgan fingerprint density at radius 2 is 1.51 bits per heavy atom. The summed E-state index contributed by atoms with van der Waals surface area (Å²) in [5, 5.41) is 3.36. The third-order valence-corrected chi connectivity index (χ3v) is 9.61. The molecule has 4 rings (SSSR count). The lowest BCUT2D eigenvalue weighted by atomic mass is 10.0. The van der Waals surface area contributed by atoms with Gasteiger partial charge in [-0.2, -0.15) is 0 Å². The fourth-order valence-corrected chi connectivity index (χ4v) is 6.32. The number of nitrogens with zero attached hydrogens (tertiary/aromatic N) is 2. The van der Waals surface area contributed by atoms with Gasteiger partial charge in [0.25, 0.3) is 10.0 Å². The lowest BCUT2D eigenvalue weighted by molar-refractivity contribution is -0.140. The molecule has 45 heavy (non-hydrogen) atoms. The molecule has 0 aromatic heterocycles. The second-order valence-corrected chi connectivity index (χ2v) is 13.2. The molecule has 1 N–H and O–H groups in total. The zero-order chi connectivity index (χ0) is 32.6. The number of hydrogen-bond donors (Lipinski definition) is 1. The quantitative estimate of drug-likeness (QED) is 0.178. The van der Waals surface area contributed by atoms with E-state index in [9.17, 15) is 18.0 Å². The number of nitrogens with one attached hydrogen (secondary N) is 1. The standard InChI is InChI=1S/C35H37ClFN3O4S/c1-4-26(3)38-35(42)33(22-27-10-6-5-7-11-27)39(23-28-12-8-9-13-32(28)37)34(41)24-40(30-18-16-29(36)17-19-30)45(43,44)31-20-14-25(2)15-21-31/h5-21,26,33H,4,22-24H2,1-3H3,(H,38,42)/t26-,33+/m1/s1. The van der Waals surface area contributed by atoms with Crippen LogP contribution in [0.1, 0.15) is 37.0 Å². The van der Waals surface area contributed by atoms with Gasteiger partial charge in [0, 0.05) is 29.6 Å². The lowest BCUT2D eigenvalue weighted by Crippen LogP contribution is -2.54. The SMILES string of the molecule is CC[C@@H](C)NC(=O)[C@H](Cc1ccccc1)N(Cc1ccccc1F)C(=O)CN(c1ccc(Cl)cc1)S(=O)(=O)c1ccc(C)cc1. The van der Waals surface area contributed by atoms with Gasteiger partial charge >= 0.3 is 0 Å². The number of aryl methyl sites for hydroxylation is 1. The summed E-state index contributed by atoms with van der Waals surface area (Å²) in [4.78, 5) is 29.5. The molecule has 4 aromatic rings. The number of benzene rings is 4. The van der Waals surface area contributed by atoms with Crippen LogP contribution >= 0.6 is 11.6 Å². The first kappa shape index (κ1) is 33.7. The van der Waals surface area contributed by atoms with Crippen molar-refractivity contribution in [3.63, 3.8) is 0 Å². The largest absolute Gasteiger partial charge is 0.352 e. The predicted octanol–water partition coefficient (Wildman–Crippen LogP) is 6.54. The van der Waals surface area contributed by atoms with Crippen molar-refractivity contribution in [2.24, 2.45) is 0 Å². The van der Waals surface area contributed by atoms with Crippen molar-refractivity contribution in [1.82, 2.24) is 10.2 Å². The van der Waals surface area contributed by atoms with Crippen LogP contribution in [0.5, 0.6) is 0 Å². The minimum Gasteiger partial charge on any atom is -0.352 e. The van der Waals surface area contributed by atoms with Crippen LogP contribution in [0.15, 0.2) is 108 Å². The molecule has 0 aliphatic heterocycles. The van der Waals surface area contributed by atoms with Crippen molar-refractivity contribution in [3.8, 4) is 0 Å². The van der Waals surface area contributed by atoms with Gasteiger partial charge in [0.2, 0.25) is 11.8 Å². The summed E-state index contributed by atoms with van der Waals surface area (Å²) < 4.78 is 44.1. The number of rotatable bonds is 13. The molecule has 10 heteroatoms. The molecule has 2 atom stereocenters. The van der Waals surface area contributed by atoms with E-state index in [4.69, 9.17) is 11.6 Å². The van der Waals surface area contributed by atoms with Gasteiger partial charge < -0.3 is 10.2 Å². The summed E-state index contributed by atoms with van der Waals surface area (Å²) >= 11 is 6.11. The molecule has 0 unspecified atom stereocenters. The third kappa shape index (κ3) is 8.71. The summed E-state index contributed by atoms with van der Waals surface area (Å²) in [5.41, 5.74) is 2.06. The van der Waals surface area contributed by atoms with E-state index < -0.39 is 40.2 Å². The maximum atomic E-state index is 15.0. The molecule has 0 heterocycles. The third-order valence-electron chi connectivity index (χ3n) is 7.57. The number of carbonyl (C=O) groups excluding carboxylic acids is 2. The van der Waals surface area contributed by atoms with Crippen molar-refractivity contribution in [2.45, 2.75) is 57.1 Å². The highest BCUT2D eigenvalue weighted by Gasteiger charge is 2.35. The molecule has 7 nitrogen and oxygen atoms in total. The van der Waals surface area contributed by atoms with Crippen LogP contribution in [-0.4, -0.2) is 43.8 Å². The molecule has 0 saturated carbocycles. The van der Waals surface area contributed by atoms with E-state index in [0.717, 1.165) is 15.4 Å². The van der Waals surface area contributed by atoms with Crippen molar-refractivity contribution < 1.29 is 22.4 Å². The van der Waals surface area contributed by atoms with Gasteiger partial charge in [-0.15, -0.1) is 0 Å². The second kappa shape index (κ2) is 15.2. The van der Waals surface area contributed by atoms with Crippen LogP contribution in [0.4, 0.5) is 10.1 Å². The van der Waals surface area contributed by atoms with Gasteiger partial charge in [0.05, 0.1) is 10.6 Å². The highest BCUT2D eigenvalue weighted by molar-refractivity contribution is 7.92. The fraction of sp³-hybridized carbons (Fsp3) is 0.257. The van der Waals surface area contributed by atoms with Crippen LogP contribution in [-0.2, 0) is 32.6 Å². The minimum absolute atomic E-state index is 0.00754. The lowest BCUT2D eigenvalue weighted by Gasteiger charge is -2.34. The molecule has 0 radical (unpaired) electrons. The van der Waals surface area contributed by atoms with Gasteiger partial charge in [-0.05, 0) is 68.3 Å². The Labute approximate surface area is 269 Å². The van der Waals surface area contributed by atoms with Crippen molar-refractivity contribution in [3.05, 3.63) is 131 Å². The maximum absolute atomic E-state index is 15.0. The van der Waals surface area contributed by atoms with Crippen LogP contribution in [0.2, 0.25) is 5.02 Å². The van der Waals surface area contributed by atoms with Crippen LogP contribution in [0.3, 0.4) is 0 Å². The Kier molecular flexibility index (Phi) is 11.4. The first-order valence-electron chi connectivity index (χ1n) is 14.7. The van der Waals surface area contributed by atoms with Gasteiger partial charge in [0.1, 0.15) is 18.4 Å². The predicted molar refractivity (Wildman–Crippen MR) is 176 cm³/mol. The maximum Gasteiger partial charge on any atom is 0.264 e. The van der Waals surface area contributed by atoms with Gasteiger partial charge in [-0.3, -0.25) is 13.9 Å². The Morgan fingerprint density at radius 1 is 0.889 bits per heavy atom. The van der Waals surface area contributed by atoms with Gasteiger partial charge in [-0.1, -0.05) is 84.8 Å². The van der Waals surface area contributed by atoms with Crippen molar-refractivity contribution in [1.29, 1.82) is 0 Å². The number of amides is 2. The Bertz CT molecular complexity index is 1700. The number of hydrogen-bond acceptors (Lipinski definition) is 4. The topological polar surface area (TPSA) is 86.8 Å². The van der Waals surface area contributed by atoms with E-state index in [-0.39, 0.29) is 35.2 Å². The van der Waals surface area contributed by atoms with E-state index in [1.54, 1.807) is 30.3 Å². The number of anilines is 1. The summed E-state index contributed by atoms with van der Waals surface area (Å²) in [6.07, 6.45) is 0.791. The first-order valence-corrected chi connectivity index (χ1v) is 16.5. The molecular weight excluding hydrogens is 613 g/mol. The molecule has 2 amide bonds. The van der Waals surface area contributed by atoms with E-state index >= 15 is 4.39 Å². The van der Waals surface area contributed by atoms with E-state index in [0.29, 0.717) is 11.4 Å². The van der Waals surface area contributed by atoms with E-state index in [1.807, 2.05) is 51.1 Å². The summed E-state index contributed by atoms with van der Waals surface area (Å²) in [6, 6.07) is 26.4. The first-order chi connectivity index (χ1) is 21.5. The van der Waals surface area contributed by atoms with E-state index in [1.165, 1.54) is 47.4 Å². The zero-order valence-electron chi connectivity index (χ0n) is 25.5. The highest BCUT2D eigenvalue weighted by Crippen LogP contribution is 2.27. The molecule has 0 aliphatic rings. The summed E-state index contributed by atoms with van der Waals surface area (Å²) in [7, 11) is -4.25. The van der Waals surface area contributed by atoms with Crippen LogP contribution in [0, 0.1) is 12.7 Å². The van der Waals surface area contributed by atoms with E-state index in [2.05, 4.69) is 5.32 Å². The smallest absolute Gasteiger partial charge is 0.264 e. The van der Waals surface area contributed by atoms with Crippen LogP contribution < -0.4 is 9.62 Å². The van der Waals surface area contributed by atoms with Crippen molar-refractivity contribution in [2.75, 3.05) is 10.8 Å². The Balaban J connectivity index is 1.81. The average molecular weight is 650 g/mol. The number of carbonyl (C=O) groups is 2. The molecule has 0 bridgehead atoms. The Hall–Kier alpha value is -4.21. The van der Waals surface area contributed by atoms with Gasteiger partial charge in [0.15, 0.2) is 0 Å². The molecule has 0 saturated heterocycles. The number of sulfonamides is 1. The molecule has 0 fully saturated rings. The monoisotopic (exact) mass is 649 g/mol. The molecule has 236 valence electrons. The summed E-state index contributed by atoms with van der Waals surface area (Å²) in [5.74, 6) is -1.64.